The number of fused-ring (bicyclic) bond motifs is 1. The summed E-state index contributed by atoms with van der Waals surface area (Å²) in [5.74, 6) is -0.743. The van der Waals surface area contributed by atoms with Crippen LogP contribution in [0.15, 0.2) is 6.20 Å². The Morgan fingerprint density at radius 1 is 1.22 bits per heavy atom. The molecule has 4 rings (SSSR count). The lowest BCUT2D eigenvalue weighted by Gasteiger charge is -2.34. The van der Waals surface area contributed by atoms with Gasteiger partial charge in [0.1, 0.15) is 24.1 Å². The first kappa shape index (κ1) is 26.6. The second-order valence-electron chi connectivity index (χ2n) is 9.06. The number of esters is 2. The summed E-state index contributed by atoms with van der Waals surface area (Å²) < 4.78 is 41.8. The van der Waals surface area contributed by atoms with Gasteiger partial charge in [-0.15, -0.1) is 0 Å². The number of hydrogen-bond donors (Lipinski definition) is 2. The van der Waals surface area contributed by atoms with Gasteiger partial charge >= 0.3 is 19.5 Å². The molecule has 1 spiro atoms. The fourth-order valence-corrected chi connectivity index (χ4v) is 5.35. The molecular weight excluding hydrogens is 499 g/mol. The fraction of sp³-hybridized carbons (Fsp3) is 0.667. The van der Waals surface area contributed by atoms with Crippen LogP contribution in [0.4, 0.5) is 0 Å². The van der Waals surface area contributed by atoms with Crippen molar-refractivity contribution in [2.45, 2.75) is 69.9 Å². The van der Waals surface area contributed by atoms with Crippen LogP contribution in [0.25, 0.3) is 11.0 Å². The Hall–Kier alpha value is -2.48. The number of nitrogens with zero attached hydrogens (tertiary/aromatic N) is 4. The van der Waals surface area contributed by atoms with E-state index in [4.69, 9.17) is 23.7 Å². The van der Waals surface area contributed by atoms with Gasteiger partial charge in [-0.05, 0) is 13.8 Å². The third-order valence-corrected chi connectivity index (χ3v) is 7.73. The van der Waals surface area contributed by atoms with Crippen LogP contribution >= 0.6 is 7.60 Å². The first-order valence-electron chi connectivity index (χ1n) is 11.2. The molecule has 2 aliphatic rings. The Labute approximate surface area is 206 Å². The van der Waals surface area contributed by atoms with Gasteiger partial charge in [-0.25, -0.2) is 14.6 Å². The van der Waals surface area contributed by atoms with Crippen molar-refractivity contribution in [3.05, 3.63) is 17.7 Å². The molecular formula is C21H29N4O10P. The second-order valence-corrected chi connectivity index (χ2v) is 11.0. The fourth-order valence-electron chi connectivity index (χ4n) is 4.56. The van der Waals surface area contributed by atoms with Gasteiger partial charge in [0.05, 0.1) is 30.0 Å². The Morgan fingerprint density at radius 2 is 1.94 bits per heavy atom. The lowest BCUT2D eigenvalue weighted by Crippen LogP contribution is -2.45. The average Bonchev–Trinajstić information content (AvgIpc) is 3.08. The molecule has 3 heterocycles. The molecule has 0 radical (unpaired) electrons. The lowest BCUT2D eigenvalue weighted by atomic mass is 10.1. The molecule has 1 saturated carbocycles. The van der Waals surface area contributed by atoms with E-state index in [1.165, 1.54) is 14.0 Å². The largest absolute Gasteiger partial charge is 0.462 e. The molecule has 0 amide bonds. The van der Waals surface area contributed by atoms with Crippen molar-refractivity contribution >= 4 is 30.6 Å². The number of carbonyl (C=O) groups is 2. The van der Waals surface area contributed by atoms with Crippen molar-refractivity contribution in [2.75, 3.05) is 20.3 Å². The normalized spacial score (nSPS) is 27.2. The van der Waals surface area contributed by atoms with E-state index >= 15 is 0 Å². The molecule has 2 aromatic rings. The van der Waals surface area contributed by atoms with Crippen molar-refractivity contribution in [3.8, 4) is 0 Å². The standard InChI is InChI=1S/C21H29N4O10P/c1-11-15-8-22-25(19(15)24-12(2)23-11)18-6-16(33-14(4)27)21(35-18)7-17(21)34-20(9-31-5,36(28,29)30)10-32-13(3)26/h8,16-18H,6-7,9-10H2,1-5H3,(H2,28,29,30)/t16-,17+,18+,20?,21?/m0/s1. The lowest BCUT2D eigenvalue weighted by molar-refractivity contribution is -0.164. The highest BCUT2D eigenvalue weighted by molar-refractivity contribution is 7.53. The van der Waals surface area contributed by atoms with Crippen molar-refractivity contribution in [1.82, 2.24) is 19.7 Å². The summed E-state index contributed by atoms with van der Waals surface area (Å²) in [6.45, 7) is 4.67. The molecule has 14 nitrogen and oxygen atoms in total. The quantitative estimate of drug-likeness (QED) is 0.346. The van der Waals surface area contributed by atoms with E-state index in [-0.39, 0.29) is 12.8 Å². The predicted octanol–water partition coefficient (Wildman–Crippen LogP) is 0.905. The van der Waals surface area contributed by atoms with E-state index in [1.807, 2.05) is 6.92 Å². The minimum atomic E-state index is -5.03. The summed E-state index contributed by atoms with van der Waals surface area (Å²) in [7, 11) is -3.79. The van der Waals surface area contributed by atoms with Crippen LogP contribution in [0, 0.1) is 13.8 Å². The smallest absolute Gasteiger partial charge is 0.363 e. The molecule has 0 bridgehead atoms. The van der Waals surface area contributed by atoms with Gasteiger partial charge in [0.25, 0.3) is 0 Å². The maximum Gasteiger partial charge on any atom is 0.363 e. The number of hydrogen-bond acceptors (Lipinski definition) is 11. The Kier molecular flexibility index (Phi) is 6.97. The van der Waals surface area contributed by atoms with Crippen molar-refractivity contribution in [1.29, 1.82) is 0 Å². The van der Waals surface area contributed by atoms with Gasteiger partial charge in [0.15, 0.2) is 11.9 Å². The molecule has 5 atom stereocenters. The Balaban J connectivity index is 1.65. The minimum Gasteiger partial charge on any atom is -0.462 e. The van der Waals surface area contributed by atoms with E-state index < -0.39 is 62.1 Å². The number of carbonyl (C=O) groups excluding carboxylic acids is 2. The summed E-state index contributed by atoms with van der Waals surface area (Å²) >= 11 is 0. The van der Waals surface area contributed by atoms with E-state index in [0.717, 1.165) is 18.0 Å². The highest BCUT2D eigenvalue weighted by Gasteiger charge is 2.71. The Morgan fingerprint density at radius 3 is 2.56 bits per heavy atom. The maximum atomic E-state index is 12.5. The second kappa shape index (κ2) is 9.43. The van der Waals surface area contributed by atoms with E-state index in [0.29, 0.717) is 11.5 Å². The van der Waals surface area contributed by atoms with Crippen LogP contribution in [-0.2, 0) is 37.8 Å². The molecule has 36 heavy (non-hydrogen) atoms. The van der Waals surface area contributed by atoms with Gasteiger partial charge in [-0.3, -0.25) is 14.2 Å². The monoisotopic (exact) mass is 528 g/mol. The molecule has 0 aromatic carbocycles. The first-order chi connectivity index (χ1) is 16.8. The molecule has 198 valence electrons. The van der Waals surface area contributed by atoms with Crippen molar-refractivity contribution in [3.63, 3.8) is 0 Å². The van der Waals surface area contributed by atoms with Gasteiger partial charge in [-0.1, -0.05) is 0 Å². The zero-order chi connectivity index (χ0) is 26.5. The number of aryl methyl sites for hydroxylation is 2. The van der Waals surface area contributed by atoms with E-state index in [2.05, 4.69) is 15.1 Å². The van der Waals surface area contributed by atoms with Gasteiger partial charge in [0.2, 0.25) is 5.34 Å². The zero-order valence-electron chi connectivity index (χ0n) is 20.5. The molecule has 2 unspecified atom stereocenters. The topological polar surface area (TPSA) is 181 Å². The number of aromatic nitrogens is 4. The summed E-state index contributed by atoms with van der Waals surface area (Å²) in [6, 6.07) is 0. The number of ether oxygens (including phenoxy) is 5. The van der Waals surface area contributed by atoms with Crippen LogP contribution in [0.3, 0.4) is 0 Å². The van der Waals surface area contributed by atoms with Gasteiger partial charge in [-0.2, -0.15) is 5.10 Å². The first-order valence-corrected chi connectivity index (χ1v) is 12.8. The number of rotatable bonds is 9. The van der Waals surface area contributed by atoms with Crippen LogP contribution in [0.5, 0.6) is 0 Å². The maximum absolute atomic E-state index is 12.5. The van der Waals surface area contributed by atoms with Crippen molar-refractivity contribution in [2.24, 2.45) is 0 Å². The van der Waals surface area contributed by atoms with Crippen molar-refractivity contribution < 1.29 is 47.6 Å². The third-order valence-electron chi connectivity index (χ3n) is 6.31. The molecule has 1 aliphatic heterocycles. The highest BCUT2D eigenvalue weighted by Crippen LogP contribution is 2.61. The van der Waals surface area contributed by atoms with E-state index in [9.17, 15) is 23.9 Å². The van der Waals surface area contributed by atoms with Gasteiger partial charge in [0, 0.05) is 33.8 Å². The predicted molar refractivity (Wildman–Crippen MR) is 121 cm³/mol. The molecule has 2 aromatic heterocycles. The van der Waals surface area contributed by atoms with Gasteiger partial charge < -0.3 is 33.5 Å². The van der Waals surface area contributed by atoms with Crippen LogP contribution in [0.2, 0.25) is 0 Å². The minimum absolute atomic E-state index is 0.166. The summed E-state index contributed by atoms with van der Waals surface area (Å²) in [6.07, 6.45) is -0.399. The number of methoxy groups -OCH3 is 1. The van der Waals surface area contributed by atoms with E-state index in [1.54, 1.807) is 17.8 Å². The highest BCUT2D eigenvalue weighted by atomic mass is 31.2. The average molecular weight is 528 g/mol. The molecule has 1 aliphatic carbocycles. The summed E-state index contributed by atoms with van der Waals surface area (Å²) in [5, 5.41) is 2.87. The third kappa shape index (κ3) is 4.76. The summed E-state index contributed by atoms with van der Waals surface area (Å²) in [4.78, 5) is 52.3. The SMILES string of the molecule is COCC(COC(C)=O)(O[C@@H]1CC12O[C@@H](n1ncc3c(C)nc(C)nc31)C[C@@H]2OC(C)=O)P(=O)(O)O. The molecule has 1 saturated heterocycles. The summed E-state index contributed by atoms with van der Waals surface area (Å²) in [5.41, 5.74) is 0.0912. The van der Waals surface area contributed by atoms with Crippen LogP contribution in [0.1, 0.15) is 44.4 Å². The molecule has 15 heteroatoms. The zero-order valence-corrected chi connectivity index (χ0v) is 21.4. The molecule has 2 fully saturated rings. The Bertz CT molecular complexity index is 1230. The molecule has 2 N–H and O–H groups in total. The van der Waals surface area contributed by atoms with Crippen LogP contribution < -0.4 is 0 Å². The van der Waals surface area contributed by atoms with Crippen LogP contribution in [-0.4, -0.2) is 84.9 Å².